The molecule has 142 valence electrons. The second-order valence-corrected chi connectivity index (χ2v) is 6.68. The fraction of sp³-hybridized carbons (Fsp3) is 0.400. The molecule has 27 heavy (non-hydrogen) atoms. The summed E-state index contributed by atoms with van der Waals surface area (Å²) in [7, 11) is 0. The van der Waals surface area contributed by atoms with Gasteiger partial charge in [-0.1, -0.05) is 6.07 Å². The van der Waals surface area contributed by atoms with Crippen LogP contribution in [0.25, 0.3) is 0 Å². The largest absolute Gasteiger partial charge is 0.459 e. The van der Waals surface area contributed by atoms with Gasteiger partial charge in [-0.15, -0.1) is 0 Å². The molecule has 0 bridgehead atoms. The molecule has 4 rings (SSSR count). The summed E-state index contributed by atoms with van der Waals surface area (Å²) in [5.41, 5.74) is 1.07. The maximum Gasteiger partial charge on any atom is 0.291 e. The lowest BCUT2D eigenvalue weighted by Gasteiger charge is -2.38. The quantitative estimate of drug-likeness (QED) is 0.895. The zero-order valence-corrected chi connectivity index (χ0v) is 14.9. The van der Waals surface area contributed by atoms with Crippen molar-refractivity contribution in [1.29, 1.82) is 0 Å². The van der Waals surface area contributed by atoms with E-state index in [2.05, 4.69) is 5.32 Å². The number of carbonyl (C=O) groups is 2. The zero-order valence-electron chi connectivity index (χ0n) is 14.9. The molecule has 2 aliphatic heterocycles. The number of likely N-dealkylation sites (tertiary alicyclic amines) is 1. The van der Waals surface area contributed by atoms with Crippen LogP contribution in [0.1, 0.15) is 40.2 Å². The Labute approximate surface area is 157 Å². The number of hydrogen-bond donors (Lipinski definition) is 1. The minimum absolute atomic E-state index is 0.0740. The highest BCUT2D eigenvalue weighted by molar-refractivity contribution is 6.03. The van der Waals surface area contributed by atoms with Gasteiger partial charge in [0.05, 0.1) is 25.5 Å². The number of benzene rings is 1. The van der Waals surface area contributed by atoms with Gasteiger partial charge in [0.15, 0.2) is 12.1 Å². The topological polar surface area (TPSA) is 81.0 Å². The molecule has 2 saturated heterocycles. The molecule has 1 unspecified atom stereocenters. The van der Waals surface area contributed by atoms with E-state index in [1.165, 1.54) is 6.26 Å². The SMILES string of the molecule is O=C(Nc1cccc(C(=O)N2CCCCC2C2OCCO2)c1)c1ccco1. The van der Waals surface area contributed by atoms with Crippen LogP contribution in [0.15, 0.2) is 47.1 Å². The van der Waals surface area contributed by atoms with Gasteiger partial charge in [0.1, 0.15) is 0 Å². The average molecular weight is 370 g/mol. The van der Waals surface area contributed by atoms with Crippen LogP contribution in [0, 0.1) is 0 Å². The predicted octanol–water partition coefficient (Wildman–Crippen LogP) is 2.90. The molecule has 0 radical (unpaired) electrons. The highest BCUT2D eigenvalue weighted by Crippen LogP contribution is 2.26. The lowest BCUT2D eigenvalue weighted by Crippen LogP contribution is -2.50. The molecule has 2 fully saturated rings. The van der Waals surface area contributed by atoms with Crippen molar-refractivity contribution < 1.29 is 23.5 Å². The number of furan rings is 1. The number of carbonyl (C=O) groups excluding carboxylic acids is 2. The van der Waals surface area contributed by atoms with Gasteiger partial charge >= 0.3 is 0 Å². The van der Waals surface area contributed by atoms with Crippen molar-refractivity contribution in [2.75, 3.05) is 25.1 Å². The van der Waals surface area contributed by atoms with Gasteiger partial charge in [-0.2, -0.15) is 0 Å². The van der Waals surface area contributed by atoms with Crippen LogP contribution in [0.3, 0.4) is 0 Å². The van der Waals surface area contributed by atoms with Crippen LogP contribution in [-0.2, 0) is 9.47 Å². The molecule has 1 aromatic heterocycles. The Morgan fingerprint density at radius 1 is 1.07 bits per heavy atom. The number of amides is 2. The van der Waals surface area contributed by atoms with Crippen molar-refractivity contribution in [2.24, 2.45) is 0 Å². The average Bonchev–Trinajstić information content (AvgIpc) is 3.41. The van der Waals surface area contributed by atoms with E-state index in [9.17, 15) is 9.59 Å². The Morgan fingerprint density at radius 3 is 2.70 bits per heavy atom. The first-order chi connectivity index (χ1) is 13.2. The van der Waals surface area contributed by atoms with Crippen molar-refractivity contribution in [1.82, 2.24) is 4.90 Å². The molecule has 1 atom stereocenters. The highest BCUT2D eigenvalue weighted by atomic mass is 16.7. The van der Waals surface area contributed by atoms with E-state index in [0.717, 1.165) is 19.3 Å². The van der Waals surface area contributed by atoms with Gasteiger partial charge in [-0.3, -0.25) is 9.59 Å². The van der Waals surface area contributed by atoms with Crippen LogP contribution in [0.2, 0.25) is 0 Å². The lowest BCUT2D eigenvalue weighted by molar-refractivity contribution is -0.100. The van der Waals surface area contributed by atoms with Crippen LogP contribution in [-0.4, -0.2) is 48.8 Å². The first kappa shape index (κ1) is 17.8. The van der Waals surface area contributed by atoms with Crippen LogP contribution < -0.4 is 5.32 Å². The first-order valence-electron chi connectivity index (χ1n) is 9.21. The van der Waals surface area contributed by atoms with Crippen LogP contribution in [0.4, 0.5) is 5.69 Å². The van der Waals surface area contributed by atoms with Gasteiger partial charge in [-0.05, 0) is 49.6 Å². The number of piperidine rings is 1. The fourth-order valence-electron chi connectivity index (χ4n) is 3.59. The van der Waals surface area contributed by atoms with Gasteiger partial charge in [0.25, 0.3) is 11.8 Å². The molecule has 0 spiro atoms. The van der Waals surface area contributed by atoms with Gasteiger partial charge in [-0.25, -0.2) is 0 Å². The lowest BCUT2D eigenvalue weighted by atomic mass is 10.00. The minimum atomic E-state index is -0.354. The molecule has 0 aliphatic carbocycles. The molecule has 1 N–H and O–H groups in total. The molecule has 2 aromatic rings. The summed E-state index contributed by atoms with van der Waals surface area (Å²) in [6.45, 7) is 1.81. The maximum atomic E-state index is 13.1. The van der Waals surface area contributed by atoms with Crippen LogP contribution >= 0.6 is 0 Å². The fourth-order valence-corrected chi connectivity index (χ4v) is 3.59. The normalized spacial score (nSPS) is 20.6. The number of anilines is 1. The molecule has 2 amide bonds. The summed E-state index contributed by atoms with van der Waals surface area (Å²) >= 11 is 0. The molecular weight excluding hydrogens is 348 g/mol. The molecule has 7 nitrogen and oxygen atoms in total. The molecule has 0 saturated carbocycles. The van der Waals surface area contributed by atoms with Crippen molar-refractivity contribution >= 4 is 17.5 Å². The molecule has 1 aromatic carbocycles. The number of nitrogens with zero attached hydrogens (tertiary/aromatic N) is 1. The van der Waals surface area contributed by atoms with E-state index in [-0.39, 0.29) is 29.9 Å². The summed E-state index contributed by atoms with van der Waals surface area (Å²) in [4.78, 5) is 27.1. The van der Waals surface area contributed by atoms with Gasteiger partial charge in [0.2, 0.25) is 0 Å². The number of hydrogen-bond acceptors (Lipinski definition) is 5. The predicted molar refractivity (Wildman–Crippen MR) is 97.5 cm³/mol. The van der Waals surface area contributed by atoms with Gasteiger partial charge in [0, 0.05) is 17.8 Å². The second kappa shape index (κ2) is 7.94. The molecular formula is C20H22N2O5. The zero-order chi connectivity index (χ0) is 18.6. The van der Waals surface area contributed by atoms with Crippen LogP contribution in [0.5, 0.6) is 0 Å². The first-order valence-corrected chi connectivity index (χ1v) is 9.21. The van der Waals surface area contributed by atoms with Crippen molar-refractivity contribution in [3.63, 3.8) is 0 Å². The Hall–Kier alpha value is -2.64. The Kier molecular flexibility index (Phi) is 5.22. The Balaban J connectivity index is 1.50. The summed E-state index contributed by atoms with van der Waals surface area (Å²) in [6.07, 6.45) is 3.97. The second-order valence-electron chi connectivity index (χ2n) is 6.68. The standard InChI is InChI=1S/C20H22N2O5/c23-18(17-8-4-10-25-17)21-15-6-3-5-14(13-15)19(24)22-9-2-1-7-16(22)20-26-11-12-27-20/h3-6,8,10,13,16,20H,1-2,7,9,11-12H2,(H,21,23). The molecule has 7 heteroatoms. The van der Waals surface area contributed by atoms with E-state index in [1.807, 2.05) is 4.90 Å². The Morgan fingerprint density at radius 2 is 1.93 bits per heavy atom. The third-order valence-electron chi connectivity index (χ3n) is 4.88. The van der Waals surface area contributed by atoms with E-state index in [1.54, 1.807) is 36.4 Å². The summed E-state index contributed by atoms with van der Waals surface area (Å²) in [6, 6.07) is 10.1. The molecule has 3 heterocycles. The summed E-state index contributed by atoms with van der Waals surface area (Å²) in [5.74, 6) is -0.209. The van der Waals surface area contributed by atoms with Crippen molar-refractivity contribution in [3.05, 3.63) is 54.0 Å². The van der Waals surface area contributed by atoms with E-state index in [0.29, 0.717) is 31.0 Å². The third-order valence-corrected chi connectivity index (χ3v) is 4.88. The van der Waals surface area contributed by atoms with Gasteiger partial charge < -0.3 is 24.1 Å². The number of rotatable bonds is 4. The summed E-state index contributed by atoms with van der Waals surface area (Å²) < 4.78 is 16.4. The Bertz CT molecular complexity index is 798. The smallest absolute Gasteiger partial charge is 0.291 e. The monoisotopic (exact) mass is 370 g/mol. The maximum absolute atomic E-state index is 13.1. The van der Waals surface area contributed by atoms with Crippen molar-refractivity contribution in [2.45, 2.75) is 31.6 Å². The summed E-state index contributed by atoms with van der Waals surface area (Å²) in [5, 5.41) is 2.76. The minimum Gasteiger partial charge on any atom is -0.459 e. The van der Waals surface area contributed by atoms with E-state index in [4.69, 9.17) is 13.9 Å². The van der Waals surface area contributed by atoms with E-state index >= 15 is 0 Å². The molecule has 2 aliphatic rings. The number of ether oxygens (including phenoxy) is 2. The third kappa shape index (κ3) is 3.89. The van der Waals surface area contributed by atoms with Crippen molar-refractivity contribution in [3.8, 4) is 0 Å². The number of nitrogens with one attached hydrogen (secondary N) is 1. The highest BCUT2D eigenvalue weighted by Gasteiger charge is 2.36. The van der Waals surface area contributed by atoms with E-state index < -0.39 is 0 Å².